The van der Waals surface area contributed by atoms with E-state index in [1.807, 2.05) is 0 Å². The summed E-state index contributed by atoms with van der Waals surface area (Å²) in [5.74, 6) is 0. The highest BCUT2D eigenvalue weighted by atomic mass is 32.2. The van der Waals surface area contributed by atoms with Gasteiger partial charge in [0.05, 0.1) is 11.4 Å². The Kier molecular flexibility index (Phi) is 18.8. The van der Waals surface area contributed by atoms with Crippen LogP contribution < -0.4 is 0 Å². The van der Waals surface area contributed by atoms with Gasteiger partial charge in [0.1, 0.15) is 0 Å². The van der Waals surface area contributed by atoms with E-state index >= 15 is 0 Å². The maximum Gasteiger partial charge on any atom is 0.267 e. The zero-order valence-electron chi connectivity index (χ0n) is 18.7. The summed E-state index contributed by atoms with van der Waals surface area (Å²) in [6.07, 6.45) is 21.1. The van der Waals surface area contributed by atoms with Crippen molar-refractivity contribution in [3.05, 3.63) is 0 Å². The van der Waals surface area contributed by atoms with Crippen LogP contribution in [-0.4, -0.2) is 29.4 Å². The minimum atomic E-state index is -3.90. The second-order valence-corrected chi connectivity index (χ2v) is 10.2. The van der Waals surface area contributed by atoms with E-state index in [1.165, 1.54) is 70.6 Å². The van der Waals surface area contributed by atoms with Gasteiger partial charge in [-0.05, 0) is 25.7 Å². The molecule has 28 heavy (non-hydrogen) atoms. The number of hydrogen-bond donors (Lipinski definition) is 2. The van der Waals surface area contributed by atoms with Gasteiger partial charge in [-0.2, -0.15) is 8.42 Å². The molecule has 0 aromatic heterocycles. The van der Waals surface area contributed by atoms with E-state index in [4.69, 9.17) is 4.55 Å². The Labute approximate surface area is 175 Å². The first-order valence-electron chi connectivity index (χ1n) is 12.1. The maximum atomic E-state index is 11.1. The summed E-state index contributed by atoms with van der Waals surface area (Å²) < 4.78 is 31.4. The molecule has 2 unspecified atom stereocenters. The van der Waals surface area contributed by atoms with Gasteiger partial charge in [-0.15, -0.1) is 0 Å². The van der Waals surface area contributed by atoms with Crippen LogP contribution in [0.2, 0.25) is 0 Å². The van der Waals surface area contributed by atoms with Gasteiger partial charge in [-0.1, -0.05) is 110 Å². The standard InChI is InChI=1S/C23H48O4S/c1-3-5-6-7-8-9-10-11-12-13-14-16-19-22(24)20-17-15-18-21-23(4-2)28(25,26)27/h22-24H,3-21H2,1-2H3,(H,25,26,27). The first kappa shape index (κ1) is 27.9. The normalized spacial score (nSPS) is 14.3. The summed E-state index contributed by atoms with van der Waals surface area (Å²) in [6.45, 7) is 4.05. The first-order valence-corrected chi connectivity index (χ1v) is 13.6. The maximum absolute atomic E-state index is 11.1. The fourth-order valence-corrected chi connectivity index (χ4v) is 4.74. The van der Waals surface area contributed by atoms with Crippen LogP contribution in [0.5, 0.6) is 0 Å². The van der Waals surface area contributed by atoms with Gasteiger partial charge in [0.15, 0.2) is 0 Å². The van der Waals surface area contributed by atoms with E-state index in [2.05, 4.69) is 6.92 Å². The van der Waals surface area contributed by atoms with E-state index in [1.54, 1.807) is 6.92 Å². The number of rotatable bonds is 21. The van der Waals surface area contributed by atoms with Crippen LogP contribution in [0.1, 0.15) is 136 Å². The predicted octanol–water partition coefficient (Wildman–Crippen LogP) is 7.06. The van der Waals surface area contributed by atoms with Crippen molar-refractivity contribution in [2.75, 3.05) is 0 Å². The smallest absolute Gasteiger partial charge is 0.267 e. The Bertz CT molecular complexity index is 422. The van der Waals surface area contributed by atoms with Crippen molar-refractivity contribution in [3.8, 4) is 0 Å². The minimum Gasteiger partial charge on any atom is -0.393 e. The van der Waals surface area contributed by atoms with Gasteiger partial charge in [0, 0.05) is 0 Å². The molecule has 0 aromatic carbocycles. The van der Waals surface area contributed by atoms with Gasteiger partial charge >= 0.3 is 0 Å². The molecule has 0 spiro atoms. The molecule has 0 aromatic rings. The summed E-state index contributed by atoms with van der Waals surface area (Å²) in [6, 6.07) is 0. The summed E-state index contributed by atoms with van der Waals surface area (Å²) in [4.78, 5) is 0. The molecule has 0 saturated carbocycles. The molecule has 0 bridgehead atoms. The number of hydrogen-bond acceptors (Lipinski definition) is 3. The molecule has 5 heteroatoms. The summed E-state index contributed by atoms with van der Waals surface area (Å²) in [5, 5.41) is 9.43. The van der Waals surface area contributed by atoms with Crippen molar-refractivity contribution < 1.29 is 18.1 Å². The molecule has 0 aliphatic heterocycles. The van der Waals surface area contributed by atoms with Gasteiger partial charge in [0.25, 0.3) is 10.1 Å². The number of aliphatic hydroxyl groups is 1. The average molecular weight is 421 g/mol. The molecule has 4 nitrogen and oxygen atoms in total. The van der Waals surface area contributed by atoms with Gasteiger partial charge in [0.2, 0.25) is 0 Å². The van der Waals surface area contributed by atoms with Crippen LogP contribution in [0.3, 0.4) is 0 Å². The largest absolute Gasteiger partial charge is 0.393 e. The molecule has 0 saturated heterocycles. The molecule has 0 aliphatic carbocycles. The topological polar surface area (TPSA) is 74.6 Å². The lowest BCUT2D eigenvalue weighted by Crippen LogP contribution is -2.19. The average Bonchev–Trinajstić information content (AvgIpc) is 2.64. The summed E-state index contributed by atoms with van der Waals surface area (Å²) >= 11 is 0. The molecular weight excluding hydrogens is 372 g/mol. The highest BCUT2D eigenvalue weighted by Gasteiger charge is 2.19. The van der Waals surface area contributed by atoms with Crippen LogP contribution in [-0.2, 0) is 10.1 Å². The molecule has 0 rings (SSSR count). The van der Waals surface area contributed by atoms with E-state index in [-0.39, 0.29) is 6.10 Å². The fourth-order valence-electron chi connectivity index (χ4n) is 3.86. The van der Waals surface area contributed by atoms with E-state index in [9.17, 15) is 13.5 Å². The number of aliphatic hydroxyl groups excluding tert-OH is 1. The van der Waals surface area contributed by atoms with Gasteiger partial charge in [-0.25, -0.2) is 0 Å². The Morgan fingerprint density at radius 3 is 1.36 bits per heavy atom. The lowest BCUT2D eigenvalue weighted by atomic mass is 10.0. The van der Waals surface area contributed by atoms with Crippen molar-refractivity contribution in [1.29, 1.82) is 0 Å². The third kappa shape index (κ3) is 17.9. The Balaban J connectivity index is 3.37. The Hall–Kier alpha value is -0.130. The monoisotopic (exact) mass is 420 g/mol. The van der Waals surface area contributed by atoms with Crippen molar-refractivity contribution >= 4 is 10.1 Å². The third-order valence-corrected chi connectivity index (χ3v) is 7.24. The molecule has 0 fully saturated rings. The Morgan fingerprint density at radius 2 is 0.964 bits per heavy atom. The van der Waals surface area contributed by atoms with Crippen LogP contribution in [0, 0.1) is 0 Å². The van der Waals surface area contributed by atoms with Crippen LogP contribution >= 0.6 is 0 Å². The SMILES string of the molecule is CCCCCCCCCCCCCCC(O)CCCCCC(CC)S(=O)(=O)O. The zero-order valence-corrected chi connectivity index (χ0v) is 19.5. The molecule has 0 aliphatic rings. The quantitative estimate of drug-likeness (QED) is 0.154. The van der Waals surface area contributed by atoms with Crippen molar-refractivity contribution in [1.82, 2.24) is 0 Å². The van der Waals surface area contributed by atoms with E-state index in [0.717, 1.165) is 38.5 Å². The van der Waals surface area contributed by atoms with E-state index < -0.39 is 15.4 Å². The highest BCUT2D eigenvalue weighted by molar-refractivity contribution is 7.86. The lowest BCUT2D eigenvalue weighted by Gasteiger charge is -2.12. The summed E-state index contributed by atoms with van der Waals surface area (Å²) in [5.41, 5.74) is 0. The highest BCUT2D eigenvalue weighted by Crippen LogP contribution is 2.17. The van der Waals surface area contributed by atoms with Crippen molar-refractivity contribution in [3.63, 3.8) is 0 Å². The fraction of sp³-hybridized carbons (Fsp3) is 1.00. The van der Waals surface area contributed by atoms with Crippen molar-refractivity contribution in [2.45, 2.75) is 147 Å². The molecular formula is C23H48O4S. The van der Waals surface area contributed by atoms with E-state index in [0.29, 0.717) is 12.8 Å². The minimum absolute atomic E-state index is 0.216. The predicted molar refractivity (Wildman–Crippen MR) is 120 cm³/mol. The van der Waals surface area contributed by atoms with Crippen LogP contribution in [0.4, 0.5) is 0 Å². The summed E-state index contributed by atoms with van der Waals surface area (Å²) in [7, 11) is -3.90. The molecule has 0 amide bonds. The van der Waals surface area contributed by atoms with Crippen molar-refractivity contribution in [2.24, 2.45) is 0 Å². The molecule has 170 valence electrons. The molecule has 2 atom stereocenters. The number of unbranched alkanes of at least 4 members (excludes halogenated alkanes) is 13. The molecule has 0 heterocycles. The van der Waals surface area contributed by atoms with Crippen LogP contribution in [0.15, 0.2) is 0 Å². The zero-order chi connectivity index (χ0) is 21.1. The molecule has 0 radical (unpaired) electrons. The second-order valence-electron chi connectivity index (χ2n) is 8.51. The second kappa shape index (κ2) is 18.9. The Morgan fingerprint density at radius 1 is 0.607 bits per heavy atom. The lowest BCUT2D eigenvalue weighted by molar-refractivity contribution is 0.147. The van der Waals surface area contributed by atoms with Crippen LogP contribution in [0.25, 0.3) is 0 Å². The first-order chi connectivity index (χ1) is 13.4. The van der Waals surface area contributed by atoms with Gasteiger partial charge < -0.3 is 5.11 Å². The van der Waals surface area contributed by atoms with Gasteiger partial charge in [-0.3, -0.25) is 4.55 Å². The molecule has 2 N–H and O–H groups in total. The third-order valence-electron chi connectivity index (χ3n) is 5.83.